The fraction of sp³-hybridized carbons (Fsp3) is 0.929. The van der Waals surface area contributed by atoms with Gasteiger partial charge in [0.15, 0.2) is 0 Å². The summed E-state index contributed by atoms with van der Waals surface area (Å²) < 4.78 is 0. The molecule has 0 aliphatic carbocycles. The van der Waals surface area contributed by atoms with Crippen LogP contribution in [0.3, 0.4) is 0 Å². The molecule has 1 aliphatic rings. The van der Waals surface area contributed by atoms with Crippen LogP contribution in [0.4, 0.5) is 0 Å². The molecule has 1 amide bonds. The Kier molecular flexibility index (Phi) is 6.56. The zero-order chi connectivity index (χ0) is 12.7. The van der Waals surface area contributed by atoms with Crippen molar-refractivity contribution in [3.8, 4) is 0 Å². The lowest BCUT2D eigenvalue weighted by atomic mass is 9.96. The van der Waals surface area contributed by atoms with E-state index in [1.807, 2.05) is 4.90 Å². The van der Waals surface area contributed by atoms with Crippen LogP contribution in [-0.4, -0.2) is 29.9 Å². The van der Waals surface area contributed by atoms with Gasteiger partial charge in [0, 0.05) is 13.1 Å². The summed E-state index contributed by atoms with van der Waals surface area (Å²) in [5.74, 6) is 0.990. The largest absolute Gasteiger partial charge is 0.341 e. The van der Waals surface area contributed by atoms with Crippen LogP contribution in [0.1, 0.15) is 58.8 Å². The highest BCUT2D eigenvalue weighted by molar-refractivity contribution is 5.81. The van der Waals surface area contributed by atoms with Gasteiger partial charge in [-0.3, -0.25) is 4.79 Å². The standard InChI is InChI=1S/C14H28N2O/c1-3-6-12-8-5-10-16(11-9-12)14(17)13(15)7-4-2/h12-13H,3-11,15H2,1-2H3. The molecule has 0 saturated carbocycles. The second-order valence-corrected chi connectivity index (χ2v) is 5.31. The topological polar surface area (TPSA) is 46.3 Å². The Morgan fingerprint density at radius 1 is 1.29 bits per heavy atom. The molecule has 2 N–H and O–H groups in total. The summed E-state index contributed by atoms with van der Waals surface area (Å²) in [6.45, 7) is 6.15. The smallest absolute Gasteiger partial charge is 0.239 e. The average molecular weight is 240 g/mol. The monoisotopic (exact) mass is 240 g/mol. The summed E-state index contributed by atoms with van der Waals surface area (Å²) in [5.41, 5.74) is 5.91. The molecule has 2 atom stereocenters. The highest BCUT2D eigenvalue weighted by atomic mass is 16.2. The van der Waals surface area contributed by atoms with Gasteiger partial charge in [0.1, 0.15) is 0 Å². The molecule has 0 bridgehead atoms. The molecule has 0 aromatic carbocycles. The Morgan fingerprint density at radius 3 is 2.71 bits per heavy atom. The minimum absolute atomic E-state index is 0.170. The van der Waals surface area contributed by atoms with Crippen LogP contribution in [-0.2, 0) is 4.79 Å². The van der Waals surface area contributed by atoms with Gasteiger partial charge in [-0.2, -0.15) is 0 Å². The molecular formula is C14H28N2O. The molecule has 0 aromatic heterocycles. The molecule has 17 heavy (non-hydrogen) atoms. The number of rotatable bonds is 5. The van der Waals surface area contributed by atoms with Gasteiger partial charge in [-0.1, -0.05) is 33.1 Å². The summed E-state index contributed by atoms with van der Waals surface area (Å²) >= 11 is 0. The molecule has 1 saturated heterocycles. The zero-order valence-corrected chi connectivity index (χ0v) is 11.5. The molecule has 0 aromatic rings. The first-order chi connectivity index (χ1) is 8.19. The van der Waals surface area contributed by atoms with Crippen LogP contribution in [0.25, 0.3) is 0 Å². The summed E-state index contributed by atoms with van der Waals surface area (Å²) in [6.07, 6.45) is 7.96. The maximum Gasteiger partial charge on any atom is 0.239 e. The number of hydrogen-bond donors (Lipinski definition) is 1. The van der Waals surface area contributed by atoms with Crippen LogP contribution >= 0.6 is 0 Å². The molecule has 0 radical (unpaired) electrons. The summed E-state index contributed by atoms with van der Waals surface area (Å²) in [6, 6.07) is -0.275. The number of nitrogens with two attached hydrogens (primary N) is 1. The van der Waals surface area contributed by atoms with Crippen molar-refractivity contribution in [2.45, 2.75) is 64.8 Å². The third-order valence-electron chi connectivity index (χ3n) is 3.77. The van der Waals surface area contributed by atoms with Gasteiger partial charge in [-0.05, 0) is 31.6 Å². The maximum absolute atomic E-state index is 12.1. The Morgan fingerprint density at radius 2 is 2.06 bits per heavy atom. The van der Waals surface area contributed by atoms with Gasteiger partial charge in [0.2, 0.25) is 5.91 Å². The van der Waals surface area contributed by atoms with Gasteiger partial charge < -0.3 is 10.6 Å². The third kappa shape index (κ3) is 4.66. The van der Waals surface area contributed by atoms with Gasteiger partial charge in [-0.25, -0.2) is 0 Å². The van der Waals surface area contributed by atoms with E-state index in [1.54, 1.807) is 0 Å². The van der Waals surface area contributed by atoms with Crippen LogP contribution in [0, 0.1) is 5.92 Å². The third-order valence-corrected chi connectivity index (χ3v) is 3.77. The molecule has 1 heterocycles. The SMILES string of the molecule is CCCC1CCCN(C(=O)C(N)CCC)CC1. The Labute approximate surface area is 106 Å². The molecule has 2 unspecified atom stereocenters. The van der Waals surface area contributed by atoms with Gasteiger partial charge in [-0.15, -0.1) is 0 Å². The molecule has 3 heteroatoms. The Hall–Kier alpha value is -0.570. The van der Waals surface area contributed by atoms with E-state index in [9.17, 15) is 4.79 Å². The van der Waals surface area contributed by atoms with Gasteiger partial charge in [0.25, 0.3) is 0 Å². The molecule has 1 fully saturated rings. The van der Waals surface area contributed by atoms with E-state index < -0.39 is 0 Å². The predicted molar refractivity (Wildman–Crippen MR) is 71.7 cm³/mol. The summed E-state index contributed by atoms with van der Waals surface area (Å²) in [5, 5.41) is 0. The van der Waals surface area contributed by atoms with E-state index in [4.69, 9.17) is 5.73 Å². The molecule has 1 rings (SSSR count). The predicted octanol–water partition coefficient (Wildman–Crippen LogP) is 2.54. The molecule has 0 spiro atoms. The van der Waals surface area contributed by atoms with Crippen molar-refractivity contribution < 1.29 is 4.79 Å². The van der Waals surface area contributed by atoms with E-state index in [0.717, 1.165) is 38.3 Å². The van der Waals surface area contributed by atoms with Crippen molar-refractivity contribution in [2.75, 3.05) is 13.1 Å². The van der Waals surface area contributed by atoms with Crippen LogP contribution in [0.2, 0.25) is 0 Å². The summed E-state index contributed by atoms with van der Waals surface area (Å²) in [4.78, 5) is 14.1. The molecular weight excluding hydrogens is 212 g/mol. The minimum atomic E-state index is -0.275. The van der Waals surface area contributed by atoms with Gasteiger partial charge >= 0.3 is 0 Å². The van der Waals surface area contributed by atoms with Crippen LogP contribution in [0.5, 0.6) is 0 Å². The van der Waals surface area contributed by atoms with Gasteiger partial charge in [0.05, 0.1) is 6.04 Å². The van der Waals surface area contributed by atoms with Crippen LogP contribution < -0.4 is 5.73 Å². The highest BCUT2D eigenvalue weighted by Crippen LogP contribution is 2.22. The van der Waals surface area contributed by atoms with Crippen molar-refractivity contribution in [1.82, 2.24) is 4.90 Å². The first kappa shape index (κ1) is 14.5. The minimum Gasteiger partial charge on any atom is -0.341 e. The number of hydrogen-bond acceptors (Lipinski definition) is 2. The van der Waals surface area contributed by atoms with E-state index in [2.05, 4.69) is 13.8 Å². The van der Waals surface area contributed by atoms with Crippen molar-refractivity contribution in [2.24, 2.45) is 11.7 Å². The summed E-state index contributed by atoms with van der Waals surface area (Å²) in [7, 11) is 0. The van der Waals surface area contributed by atoms with E-state index in [-0.39, 0.29) is 11.9 Å². The first-order valence-corrected chi connectivity index (χ1v) is 7.23. The van der Waals surface area contributed by atoms with E-state index in [0.29, 0.717) is 0 Å². The molecule has 100 valence electrons. The van der Waals surface area contributed by atoms with E-state index in [1.165, 1.54) is 25.7 Å². The fourth-order valence-corrected chi connectivity index (χ4v) is 2.75. The zero-order valence-electron chi connectivity index (χ0n) is 11.5. The normalized spacial score (nSPS) is 23.2. The number of carbonyl (C=O) groups excluding carboxylic acids is 1. The quantitative estimate of drug-likeness (QED) is 0.802. The lowest BCUT2D eigenvalue weighted by Crippen LogP contribution is -2.44. The van der Waals surface area contributed by atoms with Crippen molar-refractivity contribution >= 4 is 5.91 Å². The number of amides is 1. The number of carbonyl (C=O) groups is 1. The second-order valence-electron chi connectivity index (χ2n) is 5.31. The second kappa shape index (κ2) is 7.70. The molecule has 3 nitrogen and oxygen atoms in total. The van der Waals surface area contributed by atoms with Crippen LogP contribution in [0.15, 0.2) is 0 Å². The Balaban J connectivity index is 2.42. The number of likely N-dealkylation sites (tertiary alicyclic amines) is 1. The molecule has 1 aliphatic heterocycles. The number of nitrogens with zero attached hydrogens (tertiary/aromatic N) is 1. The van der Waals surface area contributed by atoms with E-state index >= 15 is 0 Å². The first-order valence-electron chi connectivity index (χ1n) is 7.23. The Bertz CT molecular complexity index is 230. The van der Waals surface area contributed by atoms with Crippen molar-refractivity contribution in [3.05, 3.63) is 0 Å². The van der Waals surface area contributed by atoms with Crippen molar-refractivity contribution in [1.29, 1.82) is 0 Å². The average Bonchev–Trinajstić information content (AvgIpc) is 2.54. The lowest BCUT2D eigenvalue weighted by Gasteiger charge is -2.24. The lowest BCUT2D eigenvalue weighted by molar-refractivity contribution is -0.132. The fourth-order valence-electron chi connectivity index (χ4n) is 2.75. The van der Waals surface area contributed by atoms with Crippen molar-refractivity contribution in [3.63, 3.8) is 0 Å². The maximum atomic E-state index is 12.1. The highest BCUT2D eigenvalue weighted by Gasteiger charge is 2.23.